The van der Waals surface area contributed by atoms with Crippen LogP contribution in [-0.4, -0.2) is 73.0 Å². The third-order valence-corrected chi connectivity index (χ3v) is 4.36. The van der Waals surface area contributed by atoms with Crippen molar-refractivity contribution in [2.75, 3.05) is 44.3 Å². The van der Waals surface area contributed by atoms with Crippen LogP contribution in [0.3, 0.4) is 0 Å². The molecule has 8 heteroatoms. The second-order valence-electron chi connectivity index (χ2n) is 5.42. The first kappa shape index (κ1) is 14.7. The number of morpholine rings is 2. The molecule has 0 unspecified atom stereocenters. The molecule has 0 aromatic carbocycles. The van der Waals surface area contributed by atoms with Gasteiger partial charge in [0.2, 0.25) is 10.3 Å². The molecule has 2 saturated heterocycles. The highest BCUT2D eigenvalue weighted by molar-refractivity contribution is 7.18. The molecular weight excluding hydrogens is 290 g/mol. The zero-order valence-electron chi connectivity index (χ0n) is 12.4. The number of anilines is 1. The van der Waals surface area contributed by atoms with Crippen LogP contribution in [0.15, 0.2) is 4.99 Å². The predicted octanol–water partition coefficient (Wildman–Crippen LogP) is 1.14. The van der Waals surface area contributed by atoms with Gasteiger partial charge in [0.05, 0.1) is 31.8 Å². The summed E-state index contributed by atoms with van der Waals surface area (Å²) in [6.07, 6.45) is 2.29. The van der Waals surface area contributed by atoms with Gasteiger partial charge in [-0.05, 0) is 13.8 Å². The molecule has 2 atom stereocenters. The minimum atomic E-state index is 0.220. The van der Waals surface area contributed by atoms with Crippen LogP contribution in [-0.2, 0) is 9.47 Å². The van der Waals surface area contributed by atoms with Crippen LogP contribution in [0.25, 0.3) is 0 Å². The van der Waals surface area contributed by atoms with Gasteiger partial charge in [-0.2, -0.15) is 0 Å². The Morgan fingerprint density at radius 3 is 2.62 bits per heavy atom. The fourth-order valence-electron chi connectivity index (χ4n) is 2.55. The quantitative estimate of drug-likeness (QED) is 0.616. The summed E-state index contributed by atoms with van der Waals surface area (Å²) in [5.74, 6) is 0. The van der Waals surface area contributed by atoms with Gasteiger partial charge >= 0.3 is 0 Å². The van der Waals surface area contributed by atoms with Crippen molar-refractivity contribution in [1.82, 2.24) is 15.1 Å². The molecule has 0 radical (unpaired) electrons. The minimum Gasteiger partial charge on any atom is -0.378 e. The van der Waals surface area contributed by atoms with Crippen LogP contribution < -0.4 is 4.90 Å². The van der Waals surface area contributed by atoms with E-state index in [0.29, 0.717) is 5.13 Å². The van der Waals surface area contributed by atoms with Crippen molar-refractivity contribution < 1.29 is 9.47 Å². The molecule has 0 spiro atoms. The number of ether oxygens (including phenoxy) is 2. The zero-order chi connectivity index (χ0) is 14.7. The molecule has 0 amide bonds. The van der Waals surface area contributed by atoms with Crippen molar-refractivity contribution >= 4 is 27.9 Å². The van der Waals surface area contributed by atoms with E-state index in [2.05, 4.69) is 38.8 Å². The van der Waals surface area contributed by atoms with Gasteiger partial charge in [-0.1, -0.05) is 11.3 Å². The second kappa shape index (κ2) is 6.67. The third kappa shape index (κ3) is 3.90. The molecule has 7 nitrogen and oxygen atoms in total. The largest absolute Gasteiger partial charge is 0.378 e. The van der Waals surface area contributed by atoms with Crippen molar-refractivity contribution in [2.24, 2.45) is 4.99 Å². The summed E-state index contributed by atoms with van der Waals surface area (Å²) >= 11 is 1.52. The smallest absolute Gasteiger partial charge is 0.234 e. The molecule has 21 heavy (non-hydrogen) atoms. The normalized spacial score (nSPS) is 27.5. The summed E-state index contributed by atoms with van der Waals surface area (Å²) in [7, 11) is 0. The number of nitrogens with zero attached hydrogens (tertiary/aromatic N) is 5. The van der Waals surface area contributed by atoms with Gasteiger partial charge in [-0.25, -0.2) is 4.99 Å². The molecule has 3 heterocycles. The number of aliphatic imine (C=N–C) groups is 1. The Bertz CT molecular complexity index is 479. The fraction of sp³-hybridized carbons (Fsp3) is 0.769. The zero-order valence-corrected chi connectivity index (χ0v) is 13.3. The lowest BCUT2D eigenvalue weighted by Gasteiger charge is -2.34. The van der Waals surface area contributed by atoms with Crippen LogP contribution in [0.2, 0.25) is 0 Å². The van der Waals surface area contributed by atoms with E-state index >= 15 is 0 Å². The summed E-state index contributed by atoms with van der Waals surface area (Å²) in [5, 5.41) is 10.0. The van der Waals surface area contributed by atoms with Crippen molar-refractivity contribution in [1.29, 1.82) is 0 Å². The van der Waals surface area contributed by atoms with E-state index in [0.717, 1.165) is 44.5 Å². The maximum absolute atomic E-state index is 5.74. The standard InChI is InChI=1S/C13H21N5O2S/c1-10-7-18(8-11(2)20-10)13-16-15-12(21-13)14-9-17-3-5-19-6-4-17/h9-11H,3-8H2,1-2H3/t10-,11+. The van der Waals surface area contributed by atoms with E-state index in [1.807, 2.05) is 6.34 Å². The van der Waals surface area contributed by atoms with Crippen molar-refractivity contribution in [3.8, 4) is 0 Å². The predicted molar refractivity (Wildman–Crippen MR) is 82.7 cm³/mol. The van der Waals surface area contributed by atoms with Gasteiger partial charge < -0.3 is 19.3 Å². The van der Waals surface area contributed by atoms with E-state index in [1.54, 1.807) is 0 Å². The van der Waals surface area contributed by atoms with E-state index in [1.165, 1.54) is 11.3 Å². The molecule has 2 fully saturated rings. The van der Waals surface area contributed by atoms with E-state index in [9.17, 15) is 0 Å². The third-order valence-electron chi connectivity index (χ3n) is 3.47. The Kier molecular flexibility index (Phi) is 4.67. The van der Waals surface area contributed by atoms with Crippen LogP contribution >= 0.6 is 11.3 Å². The topological polar surface area (TPSA) is 63.1 Å². The summed E-state index contributed by atoms with van der Waals surface area (Å²) < 4.78 is 11.0. The molecule has 1 aromatic heterocycles. The molecule has 3 rings (SSSR count). The van der Waals surface area contributed by atoms with Gasteiger partial charge in [-0.3, -0.25) is 0 Å². The summed E-state index contributed by atoms with van der Waals surface area (Å²) in [6.45, 7) is 9.16. The van der Waals surface area contributed by atoms with Crippen molar-refractivity contribution in [2.45, 2.75) is 26.1 Å². The van der Waals surface area contributed by atoms with E-state index in [4.69, 9.17) is 9.47 Å². The van der Waals surface area contributed by atoms with Crippen LogP contribution in [0.5, 0.6) is 0 Å². The Labute approximate surface area is 128 Å². The Balaban J connectivity index is 1.61. The van der Waals surface area contributed by atoms with E-state index < -0.39 is 0 Å². The molecule has 1 aromatic rings. The Morgan fingerprint density at radius 1 is 1.19 bits per heavy atom. The molecule has 0 saturated carbocycles. The summed E-state index contributed by atoms with van der Waals surface area (Å²) in [5.41, 5.74) is 0. The molecule has 2 aliphatic heterocycles. The van der Waals surface area contributed by atoms with Gasteiger partial charge in [0.15, 0.2) is 0 Å². The van der Waals surface area contributed by atoms with Gasteiger partial charge in [0, 0.05) is 26.2 Å². The average molecular weight is 311 g/mol. The number of hydrogen-bond donors (Lipinski definition) is 0. The highest BCUT2D eigenvalue weighted by Crippen LogP contribution is 2.28. The lowest BCUT2D eigenvalue weighted by Crippen LogP contribution is -2.45. The average Bonchev–Trinajstić information content (AvgIpc) is 2.94. The Hall–Kier alpha value is -1.25. The summed E-state index contributed by atoms with van der Waals surface area (Å²) in [4.78, 5) is 8.78. The van der Waals surface area contributed by atoms with Crippen molar-refractivity contribution in [3.63, 3.8) is 0 Å². The molecule has 0 aliphatic carbocycles. The lowest BCUT2D eigenvalue weighted by atomic mass is 10.2. The number of aromatic nitrogens is 2. The number of rotatable bonds is 3. The maximum atomic E-state index is 5.74. The second-order valence-corrected chi connectivity index (χ2v) is 6.36. The van der Waals surface area contributed by atoms with Gasteiger partial charge in [0.25, 0.3) is 0 Å². The van der Waals surface area contributed by atoms with Crippen LogP contribution in [0, 0.1) is 0 Å². The molecule has 0 N–H and O–H groups in total. The minimum absolute atomic E-state index is 0.220. The molecule has 0 bridgehead atoms. The molecular formula is C13H21N5O2S. The van der Waals surface area contributed by atoms with Gasteiger partial charge in [0.1, 0.15) is 0 Å². The summed E-state index contributed by atoms with van der Waals surface area (Å²) in [6, 6.07) is 0. The molecule has 116 valence electrons. The Morgan fingerprint density at radius 2 is 1.90 bits per heavy atom. The van der Waals surface area contributed by atoms with E-state index in [-0.39, 0.29) is 12.2 Å². The SMILES string of the molecule is C[C@@H]1CN(c2nnc(N=CN3CCOCC3)s2)C[C@H](C)O1. The highest BCUT2D eigenvalue weighted by atomic mass is 32.1. The molecule has 2 aliphatic rings. The van der Waals surface area contributed by atoms with Crippen LogP contribution in [0.1, 0.15) is 13.8 Å². The first-order chi connectivity index (χ1) is 10.2. The van der Waals surface area contributed by atoms with Crippen molar-refractivity contribution in [3.05, 3.63) is 0 Å². The van der Waals surface area contributed by atoms with Gasteiger partial charge in [-0.15, -0.1) is 10.2 Å². The first-order valence-corrected chi connectivity index (χ1v) is 8.12. The number of hydrogen-bond acceptors (Lipinski definition) is 7. The maximum Gasteiger partial charge on any atom is 0.234 e. The lowest BCUT2D eigenvalue weighted by molar-refractivity contribution is -0.00525. The highest BCUT2D eigenvalue weighted by Gasteiger charge is 2.24. The first-order valence-electron chi connectivity index (χ1n) is 7.30. The monoisotopic (exact) mass is 311 g/mol. The van der Waals surface area contributed by atoms with Crippen LogP contribution in [0.4, 0.5) is 10.3 Å². The fourth-order valence-corrected chi connectivity index (χ4v) is 3.25.